The van der Waals surface area contributed by atoms with Crippen molar-refractivity contribution in [1.82, 2.24) is 0 Å². The minimum absolute atomic E-state index is 0.288. The van der Waals surface area contributed by atoms with E-state index >= 15 is 0 Å². The van der Waals surface area contributed by atoms with Gasteiger partial charge in [-0.05, 0) is 16.6 Å². The van der Waals surface area contributed by atoms with E-state index in [0.717, 1.165) is 13.0 Å². The molecule has 0 aliphatic carbocycles. The second kappa shape index (κ2) is 5.47. The zero-order chi connectivity index (χ0) is 11.3. The highest BCUT2D eigenvalue weighted by Gasteiger charge is 2.29. The second-order valence-electron chi connectivity index (χ2n) is 5.03. The highest BCUT2D eigenvalue weighted by molar-refractivity contribution is 6.70. The monoisotopic (exact) mass is 222 g/mol. The average molecular weight is 222 g/mol. The number of benzene rings is 1. The first-order chi connectivity index (χ1) is 7.05. The fourth-order valence-electron chi connectivity index (χ4n) is 1.71. The molecular weight excluding hydrogens is 200 g/mol. The molecule has 0 aliphatic rings. The molecule has 1 aromatic rings. The summed E-state index contributed by atoms with van der Waals surface area (Å²) in [5, 5.41) is 1.70. The Kier molecular flexibility index (Phi) is 4.55. The van der Waals surface area contributed by atoms with Gasteiger partial charge in [-0.3, -0.25) is 0 Å². The van der Waals surface area contributed by atoms with Crippen LogP contribution < -0.4 is 5.19 Å². The smallest absolute Gasteiger partial charge is 0.213 e. The first kappa shape index (κ1) is 12.5. The van der Waals surface area contributed by atoms with Crippen molar-refractivity contribution in [3.63, 3.8) is 0 Å². The Hall–Kier alpha value is -0.603. The molecule has 1 rings (SSSR count). The summed E-state index contributed by atoms with van der Waals surface area (Å²) in [5.74, 6) is 0. The molecule has 0 saturated carbocycles. The molecular formula is C13H22OSi. The Morgan fingerprint density at radius 2 is 1.73 bits per heavy atom. The van der Waals surface area contributed by atoms with Crippen molar-refractivity contribution in [2.75, 3.05) is 6.61 Å². The van der Waals surface area contributed by atoms with E-state index < -0.39 is 9.04 Å². The molecule has 0 fully saturated rings. The number of rotatable bonds is 4. The van der Waals surface area contributed by atoms with Crippen LogP contribution in [0.4, 0.5) is 0 Å². The molecule has 1 nitrogen and oxygen atoms in total. The Balaban J connectivity index is 2.82. The highest BCUT2D eigenvalue weighted by Crippen LogP contribution is 2.27. The standard InChI is InChI=1S/C13H22OSi/c1-5-11-14-15(13(2,3)4)12-9-7-6-8-10-12/h6-10,15H,5,11H2,1-4H3. The van der Waals surface area contributed by atoms with E-state index in [4.69, 9.17) is 4.43 Å². The van der Waals surface area contributed by atoms with Crippen molar-refractivity contribution in [2.45, 2.75) is 39.2 Å². The maximum atomic E-state index is 6.08. The van der Waals surface area contributed by atoms with E-state index in [-0.39, 0.29) is 5.04 Å². The minimum Gasteiger partial charge on any atom is -0.415 e. The van der Waals surface area contributed by atoms with Crippen LogP contribution in [0.25, 0.3) is 0 Å². The zero-order valence-electron chi connectivity index (χ0n) is 10.3. The van der Waals surface area contributed by atoms with Gasteiger partial charge in [-0.15, -0.1) is 0 Å². The Labute approximate surface area is 95.2 Å². The average Bonchev–Trinajstić information content (AvgIpc) is 2.18. The first-order valence-electron chi connectivity index (χ1n) is 5.72. The van der Waals surface area contributed by atoms with E-state index in [9.17, 15) is 0 Å². The first-order valence-corrected chi connectivity index (χ1v) is 7.35. The zero-order valence-corrected chi connectivity index (χ0v) is 11.4. The molecule has 0 N–H and O–H groups in total. The Morgan fingerprint density at radius 1 is 1.13 bits per heavy atom. The van der Waals surface area contributed by atoms with Gasteiger partial charge in [0.15, 0.2) is 0 Å². The van der Waals surface area contributed by atoms with E-state index in [0.29, 0.717) is 0 Å². The molecule has 15 heavy (non-hydrogen) atoms. The van der Waals surface area contributed by atoms with Gasteiger partial charge in [-0.1, -0.05) is 58.0 Å². The molecule has 1 aromatic carbocycles. The molecule has 0 bridgehead atoms. The van der Waals surface area contributed by atoms with Crippen LogP contribution in [-0.2, 0) is 4.43 Å². The molecule has 1 unspecified atom stereocenters. The van der Waals surface area contributed by atoms with Crippen LogP contribution >= 0.6 is 0 Å². The third-order valence-electron chi connectivity index (χ3n) is 2.38. The summed E-state index contributed by atoms with van der Waals surface area (Å²) in [6.07, 6.45) is 1.10. The van der Waals surface area contributed by atoms with Gasteiger partial charge < -0.3 is 4.43 Å². The van der Waals surface area contributed by atoms with Crippen LogP contribution in [0.5, 0.6) is 0 Å². The van der Waals surface area contributed by atoms with Crippen molar-refractivity contribution in [2.24, 2.45) is 0 Å². The van der Waals surface area contributed by atoms with E-state index in [1.165, 1.54) is 5.19 Å². The van der Waals surface area contributed by atoms with Gasteiger partial charge in [0.05, 0.1) is 0 Å². The minimum atomic E-state index is -1.30. The summed E-state index contributed by atoms with van der Waals surface area (Å²) in [7, 11) is -1.30. The van der Waals surface area contributed by atoms with Crippen molar-refractivity contribution >= 4 is 14.2 Å². The molecule has 0 amide bonds. The summed E-state index contributed by atoms with van der Waals surface area (Å²) >= 11 is 0. The maximum Gasteiger partial charge on any atom is 0.213 e. The lowest BCUT2D eigenvalue weighted by Gasteiger charge is -2.29. The lowest BCUT2D eigenvalue weighted by Crippen LogP contribution is -2.41. The fraction of sp³-hybridized carbons (Fsp3) is 0.538. The van der Waals surface area contributed by atoms with E-state index in [1.54, 1.807) is 0 Å². The quantitative estimate of drug-likeness (QED) is 0.712. The van der Waals surface area contributed by atoms with Crippen LogP contribution in [-0.4, -0.2) is 15.6 Å². The van der Waals surface area contributed by atoms with Crippen LogP contribution in [0.1, 0.15) is 34.1 Å². The van der Waals surface area contributed by atoms with Gasteiger partial charge in [0, 0.05) is 6.61 Å². The van der Waals surface area contributed by atoms with Crippen molar-refractivity contribution in [1.29, 1.82) is 0 Å². The van der Waals surface area contributed by atoms with E-state index in [1.807, 2.05) is 0 Å². The van der Waals surface area contributed by atoms with Crippen LogP contribution in [0.3, 0.4) is 0 Å². The normalized spacial score (nSPS) is 13.9. The van der Waals surface area contributed by atoms with Crippen molar-refractivity contribution < 1.29 is 4.43 Å². The summed E-state index contributed by atoms with van der Waals surface area (Å²) < 4.78 is 6.08. The summed E-state index contributed by atoms with van der Waals surface area (Å²) in [5.41, 5.74) is 0. The molecule has 0 heterocycles. The van der Waals surface area contributed by atoms with Gasteiger partial charge >= 0.3 is 0 Å². The van der Waals surface area contributed by atoms with E-state index in [2.05, 4.69) is 58.0 Å². The lowest BCUT2D eigenvalue weighted by molar-refractivity contribution is 0.310. The third kappa shape index (κ3) is 3.80. The summed E-state index contributed by atoms with van der Waals surface area (Å²) in [4.78, 5) is 0. The Morgan fingerprint density at radius 3 is 2.20 bits per heavy atom. The maximum absolute atomic E-state index is 6.08. The highest BCUT2D eigenvalue weighted by atomic mass is 28.3. The van der Waals surface area contributed by atoms with Gasteiger partial charge in [0.2, 0.25) is 9.04 Å². The largest absolute Gasteiger partial charge is 0.415 e. The molecule has 0 aliphatic heterocycles. The Bertz CT molecular complexity index is 276. The van der Waals surface area contributed by atoms with Crippen LogP contribution in [0.2, 0.25) is 5.04 Å². The SMILES string of the molecule is CCCO[SiH](c1ccccc1)C(C)(C)C. The van der Waals surface area contributed by atoms with Gasteiger partial charge in [0.1, 0.15) is 0 Å². The molecule has 84 valence electrons. The number of hydrogen-bond donors (Lipinski definition) is 0. The van der Waals surface area contributed by atoms with Gasteiger partial charge in [-0.25, -0.2) is 0 Å². The molecule has 1 atom stereocenters. The number of hydrogen-bond acceptors (Lipinski definition) is 1. The van der Waals surface area contributed by atoms with Crippen LogP contribution in [0.15, 0.2) is 30.3 Å². The molecule has 0 aromatic heterocycles. The predicted molar refractivity (Wildman–Crippen MR) is 69.2 cm³/mol. The fourth-order valence-corrected chi connectivity index (χ4v) is 4.45. The van der Waals surface area contributed by atoms with Crippen LogP contribution in [0, 0.1) is 0 Å². The summed E-state index contributed by atoms with van der Waals surface area (Å²) in [6.45, 7) is 9.91. The third-order valence-corrected chi connectivity index (χ3v) is 5.51. The molecule has 0 saturated heterocycles. The van der Waals surface area contributed by atoms with Gasteiger partial charge in [0.25, 0.3) is 0 Å². The molecule has 0 radical (unpaired) electrons. The second-order valence-corrected chi connectivity index (χ2v) is 8.52. The van der Waals surface area contributed by atoms with Crippen molar-refractivity contribution in [3.05, 3.63) is 30.3 Å². The predicted octanol–water partition coefficient (Wildman–Crippen LogP) is 2.84. The van der Waals surface area contributed by atoms with Gasteiger partial charge in [-0.2, -0.15) is 0 Å². The molecule has 2 heteroatoms. The lowest BCUT2D eigenvalue weighted by atomic mass is 10.2. The topological polar surface area (TPSA) is 9.23 Å². The summed E-state index contributed by atoms with van der Waals surface area (Å²) in [6, 6.07) is 10.7. The van der Waals surface area contributed by atoms with Crippen molar-refractivity contribution in [3.8, 4) is 0 Å². The molecule has 0 spiro atoms.